The summed E-state index contributed by atoms with van der Waals surface area (Å²) in [6.45, 7) is 4.55. The van der Waals surface area contributed by atoms with E-state index in [1.165, 1.54) is 17.6 Å². The van der Waals surface area contributed by atoms with Crippen LogP contribution in [0, 0.1) is 18.7 Å². The lowest BCUT2D eigenvalue weighted by atomic mass is 9.88. The summed E-state index contributed by atoms with van der Waals surface area (Å²) in [5.74, 6) is 0.0793. The Balaban J connectivity index is 1.33. The van der Waals surface area contributed by atoms with E-state index in [4.69, 9.17) is 5.73 Å². The van der Waals surface area contributed by atoms with Crippen molar-refractivity contribution < 1.29 is 14.0 Å². The number of halogens is 1. The molecule has 0 bridgehead atoms. The molecule has 2 atom stereocenters. The first-order valence-electron chi connectivity index (χ1n) is 12.2. The molecule has 1 aliphatic heterocycles. The SMILES string of the molecule is Cc1cc(Nc2nc(N3C[C@H](CC(=O)c4ccc(C5CC5)cc4F)CC[C@@H]3C)cnc2C(N)=O)sn1. The predicted octanol–water partition coefficient (Wildman–Crippen LogP) is 4.98. The molecule has 1 aromatic carbocycles. The van der Waals surface area contributed by atoms with Crippen LogP contribution < -0.4 is 16.0 Å². The topological polar surface area (TPSA) is 114 Å². The van der Waals surface area contributed by atoms with Gasteiger partial charge in [-0.05, 0) is 86.7 Å². The zero-order valence-corrected chi connectivity index (χ0v) is 21.1. The number of aryl methyl sites for hydroxylation is 1. The van der Waals surface area contributed by atoms with Crippen molar-refractivity contribution in [2.75, 3.05) is 16.8 Å². The highest BCUT2D eigenvalue weighted by atomic mass is 32.1. The zero-order chi connectivity index (χ0) is 25.4. The van der Waals surface area contributed by atoms with Gasteiger partial charge in [-0.25, -0.2) is 14.4 Å². The Morgan fingerprint density at radius 3 is 2.69 bits per heavy atom. The maximum atomic E-state index is 14.7. The highest BCUT2D eigenvalue weighted by Gasteiger charge is 2.30. The lowest BCUT2D eigenvalue weighted by Crippen LogP contribution is -2.43. The number of nitrogens with one attached hydrogen (secondary N) is 1. The highest BCUT2D eigenvalue weighted by molar-refractivity contribution is 7.10. The molecule has 3 heterocycles. The van der Waals surface area contributed by atoms with Crippen molar-refractivity contribution in [3.63, 3.8) is 0 Å². The summed E-state index contributed by atoms with van der Waals surface area (Å²) in [4.78, 5) is 36.0. The second kappa shape index (κ2) is 9.93. The molecule has 0 unspecified atom stereocenters. The number of aromatic nitrogens is 3. The van der Waals surface area contributed by atoms with E-state index in [2.05, 4.69) is 31.5 Å². The number of amides is 1. The van der Waals surface area contributed by atoms with E-state index in [9.17, 15) is 14.0 Å². The minimum absolute atomic E-state index is 0.0475. The second-order valence-corrected chi connectivity index (χ2v) is 10.6. The van der Waals surface area contributed by atoms with Crippen molar-refractivity contribution in [2.24, 2.45) is 11.7 Å². The van der Waals surface area contributed by atoms with Gasteiger partial charge in [0.2, 0.25) is 0 Å². The zero-order valence-electron chi connectivity index (χ0n) is 20.3. The molecule has 1 amide bonds. The number of hydrogen-bond donors (Lipinski definition) is 2. The van der Waals surface area contributed by atoms with Crippen LogP contribution >= 0.6 is 11.5 Å². The molecule has 2 aromatic heterocycles. The molecule has 36 heavy (non-hydrogen) atoms. The molecule has 10 heteroatoms. The van der Waals surface area contributed by atoms with Crippen molar-refractivity contribution in [1.29, 1.82) is 0 Å². The number of piperidine rings is 1. The van der Waals surface area contributed by atoms with Crippen LogP contribution in [0.4, 0.5) is 21.0 Å². The van der Waals surface area contributed by atoms with Crippen LogP contribution in [0.2, 0.25) is 0 Å². The number of ketones is 1. The van der Waals surface area contributed by atoms with Crippen LogP contribution in [0.25, 0.3) is 0 Å². The van der Waals surface area contributed by atoms with E-state index in [-0.39, 0.29) is 41.2 Å². The number of hydrogen-bond acceptors (Lipinski definition) is 8. The van der Waals surface area contributed by atoms with Gasteiger partial charge in [0.05, 0.1) is 17.5 Å². The molecule has 1 aliphatic carbocycles. The van der Waals surface area contributed by atoms with E-state index >= 15 is 0 Å². The summed E-state index contributed by atoms with van der Waals surface area (Å²) in [5, 5.41) is 3.84. The first-order chi connectivity index (χ1) is 17.3. The second-order valence-electron chi connectivity index (χ2n) is 9.83. The third-order valence-corrected chi connectivity index (χ3v) is 7.75. The predicted molar refractivity (Wildman–Crippen MR) is 138 cm³/mol. The fourth-order valence-electron chi connectivity index (χ4n) is 4.79. The van der Waals surface area contributed by atoms with Crippen LogP contribution in [-0.4, -0.2) is 38.6 Å². The number of nitrogens with zero attached hydrogens (tertiary/aromatic N) is 4. The molecule has 2 aliphatic rings. The lowest BCUT2D eigenvalue weighted by Gasteiger charge is -2.38. The van der Waals surface area contributed by atoms with Gasteiger partial charge in [-0.2, -0.15) is 4.37 Å². The molecule has 2 fully saturated rings. The molecular weight excluding hydrogens is 479 g/mol. The Morgan fingerprint density at radius 2 is 2.03 bits per heavy atom. The summed E-state index contributed by atoms with van der Waals surface area (Å²) < 4.78 is 18.9. The van der Waals surface area contributed by atoms with Crippen molar-refractivity contribution in [2.45, 2.75) is 57.9 Å². The molecular formula is C26H29FN6O2S. The van der Waals surface area contributed by atoms with Crippen molar-refractivity contribution in [1.82, 2.24) is 14.3 Å². The number of Topliss-reactive ketones (excluding diaryl/α,β-unsaturated/α-hetero) is 1. The van der Waals surface area contributed by atoms with Gasteiger partial charge in [0.15, 0.2) is 17.3 Å². The number of carbonyl (C=O) groups excluding carboxylic acids is 2. The molecule has 3 N–H and O–H groups in total. The van der Waals surface area contributed by atoms with Gasteiger partial charge in [-0.3, -0.25) is 9.59 Å². The first kappa shape index (κ1) is 24.3. The molecule has 3 aromatic rings. The van der Waals surface area contributed by atoms with E-state index in [1.54, 1.807) is 12.3 Å². The van der Waals surface area contributed by atoms with Crippen LogP contribution in [-0.2, 0) is 0 Å². The monoisotopic (exact) mass is 508 g/mol. The Bertz CT molecular complexity index is 1310. The van der Waals surface area contributed by atoms with Gasteiger partial charge in [0.25, 0.3) is 5.91 Å². The number of carbonyl (C=O) groups is 2. The Morgan fingerprint density at radius 1 is 1.22 bits per heavy atom. The fraction of sp³-hybridized carbons (Fsp3) is 0.423. The maximum Gasteiger partial charge on any atom is 0.271 e. The van der Waals surface area contributed by atoms with Crippen LogP contribution in [0.1, 0.15) is 77.0 Å². The lowest BCUT2D eigenvalue weighted by molar-refractivity contribution is 0.0948. The third-order valence-electron chi connectivity index (χ3n) is 6.95. The fourth-order valence-corrected chi connectivity index (χ4v) is 5.45. The minimum atomic E-state index is -0.678. The van der Waals surface area contributed by atoms with E-state index < -0.39 is 11.7 Å². The largest absolute Gasteiger partial charge is 0.364 e. The molecule has 188 valence electrons. The van der Waals surface area contributed by atoms with E-state index in [0.29, 0.717) is 18.3 Å². The van der Waals surface area contributed by atoms with Crippen LogP contribution in [0.15, 0.2) is 30.5 Å². The highest BCUT2D eigenvalue weighted by Crippen LogP contribution is 2.40. The van der Waals surface area contributed by atoms with E-state index in [1.807, 2.05) is 19.1 Å². The Labute approximate surface area is 213 Å². The van der Waals surface area contributed by atoms with E-state index in [0.717, 1.165) is 41.9 Å². The standard InChI is InChI=1S/C26H29FN6O2S/c1-14-9-23(36-32-14)31-26-24(25(28)35)29-12-22(30-26)33-13-16(4-3-15(33)2)10-21(34)19-8-7-18(11-20(19)27)17-5-6-17/h7-9,11-12,15-17H,3-6,10,13H2,1-2H3,(H2,28,35)(H,30,31)/t15-,16-/m0/s1. The van der Waals surface area contributed by atoms with Gasteiger partial charge in [-0.1, -0.05) is 6.07 Å². The number of rotatable bonds is 8. The van der Waals surface area contributed by atoms with Crippen LogP contribution in [0.3, 0.4) is 0 Å². The van der Waals surface area contributed by atoms with Gasteiger partial charge in [0.1, 0.15) is 16.6 Å². The Kier molecular flexibility index (Phi) is 6.70. The molecule has 1 saturated heterocycles. The summed E-state index contributed by atoms with van der Waals surface area (Å²) >= 11 is 1.26. The van der Waals surface area contributed by atoms with Crippen molar-refractivity contribution >= 4 is 39.9 Å². The summed E-state index contributed by atoms with van der Waals surface area (Å²) in [7, 11) is 0. The number of anilines is 3. The summed E-state index contributed by atoms with van der Waals surface area (Å²) in [5.41, 5.74) is 7.58. The minimum Gasteiger partial charge on any atom is -0.364 e. The average Bonchev–Trinajstić information content (AvgIpc) is 3.62. The molecule has 5 rings (SSSR count). The number of benzene rings is 1. The van der Waals surface area contributed by atoms with Gasteiger partial charge in [-0.15, -0.1) is 0 Å². The molecule has 0 spiro atoms. The normalized spacial score (nSPS) is 19.8. The van der Waals surface area contributed by atoms with Gasteiger partial charge in [0, 0.05) is 19.0 Å². The molecule has 8 nitrogen and oxygen atoms in total. The van der Waals surface area contributed by atoms with Crippen molar-refractivity contribution in [3.8, 4) is 0 Å². The smallest absolute Gasteiger partial charge is 0.271 e. The number of primary amides is 1. The van der Waals surface area contributed by atoms with Gasteiger partial charge >= 0.3 is 0 Å². The number of nitrogens with two attached hydrogens (primary N) is 1. The summed E-state index contributed by atoms with van der Waals surface area (Å²) in [6, 6.07) is 7.07. The molecule has 1 saturated carbocycles. The third kappa shape index (κ3) is 5.23. The van der Waals surface area contributed by atoms with Crippen molar-refractivity contribution in [3.05, 3.63) is 58.8 Å². The van der Waals surface area contributed by atoms with Crippen LogP contribution in [0.5, 0.6) is 0 Å². The molecule has 0 radical (unpaired) electrons. The quantitative estimate of drug-likeness (QED) is 0.413. The first-order valence-corrected chi connectivity index (χ1v) is 13.0. The maximum absolute atomic E-state index is 14.7. The summed E-state index contributed by atoms with van der Waals surface area (Å²) in [6.07, 6.45) is 5.71. The van der Waals surface area contributed by atoms with Gasteiger partial charge < -0.3 is 16.0 Å². The Hall–Kier alpha value is -3.40. The average molecular weight is 509 g/mol.